The lowest BCUT2D eigenvalue weighted by Crippen LogP contribution is -2.44. The summed E-state index contributed by atoms with van der Waals surface area (Å²) in [5, 5.41) is 0.491. The van der Waals surface area contributed by atoms with Gasteiger partial charge in [-0.05, 0) is 54.4 Å². The van der Waals surface area contributed by atoms with E-state index in [1.807, 2.05) is 30.3 Å². The summed E-state index contributed by atoms with van der Waals surface area (Å²) in [6, 6.07) is 23.3. The van der Waals surface area contributed by atoms with E-state index in [1.54, 1.807) is 55.5 Å². The third-order valence-electron chi connectivity index (χ3n) is 4.98. The Labute approximate surface area is 205 Å². The summed E-state index contributed by atoms with van der Waals surface area (Å²) >= 11 is 5.93. The molecule has 0 saturated carbocycles. The quantitative estimate of drug-likeness (QED) is 0.356. The first kappa shape index (κ1) is 25.6. The average Bonchev–Trinajstić information content (AvgIpc) is 2.83. The molecule has 0 saturated heterocycles. The van der Waals surface area contributed by atoms with Crippen LogP contribution in [0.2, 0.25) is 5.02 Å². The minimum absolute atomic E-state index is 0.0401. The summed E-state index contributed by atoms with van der Waals surface area (Å²) in [6.45, 7) is 1.74. The van der Waals surface area contributed by atoms with Gasteiger partial charge in [-0.15, -0.1) is 0 Å². The molecule has 0 aliphatic heterocycles. The van der Waals surface area contributed by atoms with Crippen molar-refractivity contribution in [2.45, 2.75) is 20.1 Å². The zero-order chi connectivity index (χ0) is 24.6. The first-order valence-corrected chi connectivity index (χ1v) is 12.5. The molecule has 0 unspecified atom stereocenters. The van der Waals surface area contributed by atoms with E-state index in [1.165, 1.54) is 7.05 Å². The predicted octanol–water partition coefficient (Wildman–Crippen LogP) is 4.67. The van der Waals surface area contributed by atoms with Crippen molar-refractivity contribution in [3.63, 3.8) is 0 Å². The van der Waals surface area contributed by atoms with Gasteiger partial charge in [-0.3, -0.25) is 9.10 Å². The highest BCUT2D eigenvalue weighted by atomic mass is 35.5. The number of rotatable bonds is 11. The van der Waals surface area contributed by atoms with Gasteiger partial charge in [0, 0.05) is 18.6 Å². The van der Waals surface area contributed by atoms with E-state index in [0.29, 0.717) is 28.6 Å². The Balaban J connectivity index is 1.81. The molecule has 0 heterocycles. The molecule has 0 aliphatic rings. The zero-order valence-corrected chi connectivity index (χ0v) is 20.6. The van der Waals surface area contributed by atoms with E-state index in [0.717, 1.165) is 14.2 Å². The van der Waals surface area contributed by atoms with Gasteiger partial charge >= 0.3 is 16.2 Å². The maximum Gasteiger partial charge on any atom is 0.321 e. The van der Waals surface area contributed by atoms with Crippen molar-refractivity contribution in [3.8, 4) is 5.75 Å². The number of carbonyl (C=O) groups excluding carboxylic acids is 1. The fraction of sp³-hybridized carbons (Fsp3) is 0.240. The second-order valence-corrected chi connectivity index (χ2v) is 9.84. The van der Waals surface area contributed by atoms with Crippen LogP contribution in [0.4, 0.5) is 5.69 Å². The molecule has 0 amide bonds. The summed E-state index contributed by atoms with van der Waals surface area (Å²) in [4.78, 5) is 12.2. The molecule has 0 aliphatic carbocycles. The van der Waals surface area contributed by atoms with E-state index in [2.05, 4.69) is 0 Å². The molecular weight excluding hydrogens is 476 g/mol. The van der Waals surface area contributed by atoms with Gasteiger partial charge in [-0.2, -0.15) is 12.7 Å². The third kappa shape index (κ3) is 6.96. The topological polar surface area (TPSA) is 76.1 Å². The molecule has 0 bridgehead atoms. The lowest BCUT2D eigenvalue weighted by Gasteiger charge is -2.28. The number of anilines is 1. The number of esters is 1. The van der Waals surface area contributed by atoms with Crippen LogP contribution in [0.5, 0.6) is 5.75 Å². The predicted molar refractivity (Wildman–Crippen MR) is 133 cm³/mol. The van der Waals surface area contributed by atoms with Gasteiger partial charge in [0.15, 0.2) is 0 Å². The van der Waals surface area contributed by atoms with Crippen LogP contribution in [0.15, 0.2) is 78.9 Å². The van der Waals surface area contributed by atoms with Crippen LogP contribution >= 0.6 is 11.6 Å². The minimum Gasteiger partial charge on any atom is -0.489 e. The monoisotopic (exact) mass is 502 g/mol. The highest BCUT2D eigenvalue weighted by Gasteiger charge is 2.30. The first-order chi connectivity index (χ1) is 16.3. The molecule has 0 fully saturated rings. The third-order valence-corrected chi connectivity index (χ3v) is 7.04. The van der Waals surface area contributed by atoms with Crippen molar-refractivity contribution in [2.24, 2.45) is 0 Å². The number of hydrogen-bond donors (Lipinski definition) is 0. The van der Waals surface area contributed by atoms with Gasteiger partial charge in [-0.1, -0.05) is 54.1 Å². The smallest absolute Gasteiger partial charge is 0.321 e. The molecule has 0 radical (unpaired) electrons. The summed E-state index contributed by atoms with van der Waals surface area (Å²) in [6.07, 6.45) is 0. The summed E-state index contributed by atoms with van der Waals surface area (Å²) < 4.78 is 39.9. The molecule has 0 aromatic heterocycles. The van der Waals surface area contributed by atoms with E-state index in [9.17, 15) is 13.2 Å². The van der Waals surface area contributed by atoms with Crippen LogP contribution in [0, 0.1) is 0 Å². The summed E-state index contributed by atoms with van der Waals surface area (Å²) in [7, 11) is -2.64. The van der Waals surface area contributed by atoms with Crippen molar-refractivity contribution in [1.29, 1.82) is 0 Å². The van der Waals surface area contributed by atoms with Crippen LogP contribution in [0.1, 0.15) is 18.1 Å². The van der Waals surface area contributed by atoms with E-state index in [4.69, 9.17) is 21.1 Å². The number of benzene rings is 3. The molecule has 3 rings (SSSR count). The molecule has 180 valence electrons. The van der Waals surface area contributed by atoms with Crippen molar-refractivity contribution >= 4 is 33.5 Å². The van der Waals surface area contributed by atoms with Crippen LogP contribution in [0.3, 0.4) is 0 Å². The normalized spacial score (nSPS) is 11.3. The molecule has 34 heavy (non-hydrogen) atoms. The Morgan fingerprint density at radius 3 is 2.29 bits per heavy atom. The number of hydrogen-bond acceptors (Lipinski definition) is 5. The van der Waals surface area contributed by atoms with Crippen molar-refractivity contribution in [1.82, 2.24) is 4.31 Å². The molecule has 3 aromatic carbocycles. The van der Waals surface area contributed by atoms with Crippen LogP contribution in [0.25, 0.3) is 0 Å². The van der Waals surface area contributed by atoms with Crippen molar-refractivity contribution < 1.29 is 22.7 Å². The van der Waals surface area contributed by atoms with E-state index < -0.39 is 22.7 Å². The summed E-state index contributed by atoms with van der Waals surface area (Å²) in [5.41, 5.74) is 2.10. The molecule has 9 heteroatoms. The van der Waals surface area contributed by atoms with Crippen molar-refractivity contribution in [3.05, 3.63) is 95.0 Å². The first-order valence-electron chi connectivity index (χ1n) is 10.7. The molecule has 7 nitrogen and oxygen atoms in total. The molecular formula is C25H27ClN2O5S. The van der Waals surface area contributed by atoms with Crippen LogP contribution in [-0.2, 0) is 32.9 Å². The Kier molecular flexibility index (Phi) is 8.92. The fourth-order valence-corrected chi connectivity index (χ4v) is 4.65. The maximum absolute atomic E-state index is 13.4. The second-order valence-electron chi connectivity index (χ2n) is 7.45. The SMILES string of the molecule is CCOC(=O)CN(Cc1cccc(OCc2ccccc2)c1)S(=O)(=O)N(C)c1ccc(Cl)cc1. The summed E-state index contributed by atoms with van der Waals surface area (Å²) in [5.74, 6) is -0.0343. The highest BCUT2D eigenvalue weighted by molar-refractivity contribution is 7.90. The van der Waals surface area contributed by atoms with Gasteiger partial charge < -0.3 is 9.47 Å². The highest BCUT2D eigenvalue weighted by Crippen LogP contribution is 2.23. The number of ether oxygens (including phenoxy) is 2. The Hall–Kier alpha value is -3.07. The molecule has 0 N–H and O–H groups in total. The van der Waals surface area contributed by atoms with Crippen LogP contribution in [-0.4, -0.2) is 38.9 Å². The Morgan fingerprint density at radius 2 is 1.62 bits per heavy atom. The standard InChI is InChI=1S/C25H27ClN2O5S/c1-3-32-25(29)18-28(34(30,31)27(2)23-14-12-22(26)13-15-23)17-21-10-7-11-24(16-21)33-19-20-8-5-4-6-9-20/h4-16H,3,17-19H2,1-2H3. The molecule has 0 atom stereocenters. The lowest BCUT2D eigenvalue weighted by atomic mass is 10.2. The largest absolute Gasteiger partial charge is 0.489 e. The maximum atomic E-state index is 13.4. The van der Waals surface area contributed by atoms with Gasteiger partial charge in [0.2, 0.25) is 0 Å². The Morgan fingerprint density at radius 1 is 0.941 bits per heavy atom. The van der Waals surface area contributed by atoms with E-state index >= 15 is 0 Å². The Bertz CT molecular complexity index is 1190. The second kappa shape index (κ2) is 11.9. The van der Waals surface area contributed by atoms with Gasteiger partial charge in [-0.25, -0.2) is 0 Å². The zero-order valence-electron chi connectivity index (χ0n) is 19.1. The van der Waals surface area contributed by atoms with E-state index in [-0.39, 0.29) is 13.2 Å². The molecule has 0 spiro atoms. The number of halogens is 1. The molecule has 3 aromatic rings. The van der Waals surface area contributed by atoms with Gasteiger partial charge in [0.25, 0.3) is 0 Å². The van der Waals surface area contributed by atoms with Gasteiger partial charge in [0.05, 0.1) is 12.3 Å². The minimum atomic E-state index is -4.06. The number of nitrogens with zero attached hydrogens (tertiary/aromatic N) is 2. The lowest BCUT2D eigenvalue weighted by molar-refractivity contribution is -0.143. The van der Waals surface area contributed by atoms with Gasteiger partial charge in [0.1, 0.15) is 18.9 Å². The van der Waals surface area contributed by atoms with Crippen molar-refractivity contribution in [2.75, 3.05) is 24.5 Å². The average molecular weight is 503 g/mol. The van der Waals surface area contributed by atoms with Crippen LogP contribution < -0.4 is 9.04 Å². The number of carbonyl (C=O) groups is 1. The fourth-order valence-electron chi connectivity index (χ4n) is 3.21.